The Morgan fingerprint density at radius 2 is 1.08 bits per heavy atom. The quantitative estimate of drug-likeness (QED) is 0.577. The van der Waals surface area contributed by atoms with E-state index in [1.807, 2.05) is 0 Å². The zero-order valence-electron chi connectivity index (χ0n) is 13.0. The van der Waals surface area contributed by atoms with Crippen LogP contribution in [0, 0.1) is 0 Å². The molecule has 0 aliphatic heterocycles. The smallest absolute Gasteiger partial charge is 0.336 e. The van der Waals surface area contributed by atoms with E-state index in [-0.39, 0.29) is 11.1 Å². The summed E-state index contributed by atoms with van der Waals surface area (Å²) in [5.74, 6) is -5.51. The van der Waals surface area contributed by atoms with Crippen LogP contribution < -0.4 is 0 Å². The van der Waals surface area contributed by atoms with Gasteiger partial charge in [-0.05, 0) is 29.8 Å². The monoisotopic (exact) mass is 356 g/mol. The van der Waals surface area contributed by atoms with Gasteiger partial charge < -0.3 is 20.4 Å². The van der Waals surface area contributed by atoms with Crippen LogP contribution in [-0.2, 0) is 0 Å². The maximum Gasteiger partial charge on any atom is 0.336 e. The molecule has 0 radical (unpaired) electrons. The molecule has 4 N–H and O–H groups in total. The number of carboxylic acids is 4. The highest BCUT2D eigenvalue weighted by Gasteiger charge is 2.20. The average Bonchev–Trinajstić information content (AvgIpc) is 2.59. The van der Waals surface area contributed by atoms with Gasteiger partial charge in [0.2, 0.25) is 0 Å². The Bertz CT molecular complexity index is 903. The predicted molar refractivity (Wildman–Crippen MR) is 89.6 cm³/mol. The van der Waals surface area contributed by atoms with E-state index < -0.39 is 40.6 Å². The summed E-state index contributed by atoms with van der Waals surface area (Å²) in [4.78, 5) is 44.7. The van der Waals surface area contributed by atoms with Crippen molar-refractivity contribution >= 4 is 36.0 Å². The Balaban J connectivity index is 2.56. The molecule has 8 heteroatoms. The van der Waals surface area contributed by atoms with Crippen LogP contribution in [0.25, 0.3) is 12.2 Å². The molecule has 0 unspecified atom stereocenters. The summed E-state index contributed by atoms with van der Waals surface area (Å²) in [6, 6.07) is 7.37. The molecule has 132 valence electrons. The third-order valence-corrected chi connectivity index (χ3v) is 3.49. The lowest BCUT2D eigenvalue weighted by Crippen LogP contribution is -2.11. The van der Waals surface area contributed by atoms with Gasteiger partial charge in [0.05, 0.1) is 22.3 Å². The van der Waals surface area contributed by atoms with Crippen molar-refractivity contribution in [2.45, 2.75) is 0 Å². The lowest BCUT2D eigenvalue weighted by atomic mass is 9.96. The standard InChI is InChI=1S/C18H12O8/c19-15(20)10-4-1-9(2-5-10)3-6-12-13(17(23)24)7-11(16(21)22)8-14(12)18(25)26/h1-8H,(H,19,20)(H,21,22)(H,23,24)(H,25,26)/b6-3-. The van der Waals surface area contributed by atoms with Crippen molar-refractivity contribution in [1.82, 2.24) is 0 Å². The van der Waals surface area contributed by atoms with Crippen molar-refractivity contribution < 1.29 is 39.6 Å². The number of hydrogen-bond donors (Lipinski definition) is 4. The van der Waals surface area contributed by atoms with Crippen LogP contribution in [0.3, 0.4) is 0 Å². The van der Waals surface area contributed by atoms with Crippen LogP contribution in [0.4, 0.5) is 0 Å². The van der Waals surface area contributed by atoms with Crippen molar-refractivity contribution in [3.05, 3.63) is 69.8 Å². The summed E-state index contributed by atoms with van der Waals surface area (Å²) in [7, 11) is 0. The van der Waals surface area contributed by atoms with E-state index in [2.05, 4.69) is 0 Å². The van der Waals surface area contributed by atoms with Gasteiger partial charge in [0.1, 0.15) is 0 Å². The normalized spacial score (nSPS) is 10.6. The molecule has 8 nitrogen and oxygen atoms in total. The van der Waals surface area contributed by atoms with Gasteiger partial charge in [-0.25, -0.2) is 19.2 Å². The fourth-order valence-electron chi connectivity index (χ4n) is 2.23. The Labute approximate surface area is 146 Å². The van der Waals surface area contributed by atoms with Crippen LogP contribution >= 0.6 is 0 Å². The third-order valence-electron chi connectivity index (χ3n) is 3.49. The second-order valence-electron chi connectivity index (χ2n) is 5.16. The summed E-state index contributed by atoms with van der Waals surface area (Å²) in [6.07, 6.45) is 2.63. The molecule has 0 bridgehead atoms. The van der Waals surface area contributed by atoms with Gasteiger partial charge in [-0.15, -0.1) is 0 Å². The van der Waals surface area contributed by atoms with E-state index in [0.29, 0.717) is 5.56 Å². The maximum atomic E-state index is 11.4. The highest BCUT2D eigenvalue weighted by Crippen LogP contribution is 2.22. The number of carbonyl (C=O) groups is 4. The van der Waals surface area contributed by atoms with E-state index in [1.165, 1.54) is 36.4 Å². The number of carboxylic acid groups (broad SMARTS) is 4. The highest BCUT2D eigenvalue weighted by molar-refractivity contribution is 6.04. The molecule has 0 aliphatic carbocycles. The van der Waals surface area contributed by atoms with Crippen molar-refractivity contribution in [3.63, 3.8) is 0 Å². The minimum atomic E-state index is -1.48. The van der Waals surface area contributed by atoms with E-state index in [1.54, 1.807) is 0 Å². The van der Waals surface area contributed by atoms with Gasteiger partial charge in [-0.3, -0.25) is 0 Å². The average molecular weight is 356 g/mol. The zero-order valence-corrected chi connectivity index (χ0v) is 13.0. The van der Waals surface area contributed by atoms with Crippen molar-refractivity contribution in [1.29, 1.82) is 0 Å². The summed E-state index contributed by atoms with van der Waals surface area (Å²) >= 11 is 0. The molecule has 0 aliphatic rings. The van der Waals surface area contributed by atoms with Crippen LogP contribution in [0.1, 0.15) is 52.6 Å². The summed E-state index contributed by atoms with van der Waals surface area (Å²) in [5.41, 5.74) is -1.00. The van der Waals surface area contributed by atoms with Crippen molar-refractivity contribution in [3.8, 4) is 0 Å². The van der Waals surface area contributed by atoms with Gasteiger partial charge in [-0.1, -0.05) is 24.3 Å². The van der Waals surface area contributed by atoms with Gasteiger partial charge >= 0.3 is 23.9 Å². The van der Waals surface area contributed by atoms with Gasteiger partial charge in [0, 0.05) is 5.56 Å². The SMILES string of the molecule is O=C(O)c1ccc(/C=C\c2c(C(=O)O)cc(C(=O)O)cc2C(=O)O)cc1. The Morgan fingerprint density at radius 3 is 1.46 bits per heavy atom. The Kier molecular flexibility index (Phi) is 5.17. The molecule has 26 heavy (non-hydrogen) atoms. The topological polar surface area (TPSA) is 149 Å². The third kappa shape index (κ3) is 3.93. The summed E-state index contributed by atoms with van der Waals surface area (Å²) in [6.45, 7) is 0. The number of aromatic carboxylic acids is 4. The van der Waals surface area contributed by atoms with E-state index >= 15 is 0 Å². The second kappa shape index (κ2) is 7.31. The summed E-state index contributed by atoms with van der Waals surface area (Å²) in [5, 5.41) is 36.4. The minimum absolute atomic E-state index is 0.0606. The van der Waals surface area contributed by atoms with Crippen LogP contribution in [0.2, 0.25) is 0 Å². The van der Waals surface area contributed by atoms with Gasteiger partial charge in [0.15, 0.2) is 0 Å². The van der Waals surface area contributed by atoms with Crippen LogP contribution in [-0.4, -0.2) is 44.3 Å². The molecule has 2 rings (SSSR count). The molecule has 0 heterocycles. The van der Waals surface area contributed by atoms with E-state index in [9.17, 15) is 29.4 Å². The lowest BCUT2D eigenvalue weighted by molar-refractivity contribution is 0.0679. The molecule has 2 aromatic carbocycles. The van der Waals surface area contributed by atoms with Crippen LogP contribution in [0.15, 0.2) is 36.4 Å². The molecule has 0 saturated heterocycles. The molecule has 0 saturated carbocycles. The second-order valence-corrected chi connectivity index (χ2v) is 5.16. The molecule has 0 spiro atoms. The molecule has 0 atom stereocenters. The Hall–Kier alpha value is -3.94. The van der Waals surface area contributed by atoms with Crippen LogP contribution in [0.5, 0.6) is 0 Å². The molecule has 2 aromatic rings. The molecule has 0 amide bonds. The first-order chi connectivity index (χ1) is 12.2. The predicted octanol–water partition coefficient (Wildman–Crippen LogP) is 2.65. The number of benzene rings is 2. The van der Waals surface area contributed by atoms with E-state index in [0.717, 1.165) is 12.1 Å². The number of rotatable bonds is 6. The fourth-order valence-corrected chi connectivity index (χ4v) is 2.23. The first-order valence-electron chi connectivity index (χ1n) is 7.10. The molecular formula is C18H12O8. The fraction of sp³-hybridized carbons (Fsp3) is 0. The molecular weight excluding hydrogens is 344 g/mol. The van der Waals surface area contributed by atoms with Crippen molar-refractivity contribution in [2.75, 3.05) is 0 Å². The maximum absolute atomic E-state index is 11.4. The largest absolute Gasteiger partial charge is 0.478 e. The first kappa shape index (κ1) is 18.4. The molecule has 0 fully saturated rings. The van der Waals surface area contributed by atoms with Gasteiger partial charge in [0.25, 0.3) is 0 Å². The Morgan fingerprint density at radius 1 is 0.615 bits per heavy atom. The van der Waals surface area contributed by atoms with E-state index in [4.69, 9.17) is 10.2 Å². The lowest BCUT2D eigenvalue weighted by Gasteiger charge is -2.08. The van der Waals surface area contributed by atoms with Gasteiger partial charge in [-0.2, -0.15) is 0 Å². The first-order valence-corrected chi connectivity index (χ1v) is 7.10. The van der Waals surface area contributed by atoms with Crippen molar-refractivity contribution in [2.24, 2.45) is 0 Å². The molecule has 0 aromatic heterocycles. The highest BCUT2D eigenvalue weighted by atomic mass is 16.4. The zero-order chi connectivity index (χ0) is 19.4. The minimum Gasteiger partial charge on any atom is -0.478 e. The number of hydrogen-bond acceptors (Lipinski definition) is 4. The summed E-state index contributed by atoms with van der Waals surface area (Å²) < 4.78 is 0.